The number of hydrogen-bond donors (Lipinski definition) is 2. The highest BCUT2D eigenvalue weighted by molar-refractivity contribution is 5.84. The Morgan fingerprint density at radius 2 is 2.24 bits per heavy atom. The van der Waals surface area contributed by atoms with Crippen LogP contribution in [0.3, 0.4) is 0 Å². The van der Waals surface area contributed by atoms with E-state index in [0.29, 0.717) is 30.3 Å². The number of para-hydroxylation sites is 1. The molecule has 1 fully saturated rings. The topological polar surface area (TPSA) is 85.6 Å². The molecule has 1 unspecified atom stereocenters. The molecule has 0 radical (unpaired) electrons. The third kappa shape index (κ3) is 4.19. The van der Waals surface area contributed by atoms with Gasteiger partial charge in [0.25, 0.3) is 0 Å². The van der Waals surface area contributed by atoms with Crippen LogP contribution in [0.1, 0.15) is 43.7 Å². The minimum atomic E-state index is -0.295. The largest absolute Gasteiger partial charge is 0.490 e. The van der Waals surface area contributed by atoms with Crippen molar-refractivity contribution in [2.45, 2.75) is 38.5 Å². The zero-order valence-corrected chi connectivity index (χ0v) is 16.6. The van der Waals surface area contributed by atoms with E-state index in [-0.39, 0.29) is 24.2 Å². The van der Waals surface area contributed by atoms with Crippen LogP contribution in [-0.2, 0) is 4.74 Å². The number of carbonyl (C=O) groups is 1. The highest BCUT2D eigenvalue weighted by atomic mass is 16.5. The van der Waals surface area contributed by atoms with Gasteiger partial charge in [-0.05, 0) is 38.5 Å². The molecule has 0 spiro atoms. The van der Waals surface area contributed by atoms with Crippen molar-refractivity contribution in [2.75, 3.05) is 13.2 Å². The molecule has 3 heterocycles. The Labute approximate surface area is 169 Å². The molecule has 3 atom stereocenters. The number of benzene rings is 1. The quantitative estimate of drug-likeness (QED) is 0.656. The van der Waals surface area contributed by atoms with Crippen molar-refractivity contribution in [1.82, 2.24) is 15.6 Å². The van der Waals surface area contributed by atoms with Gasteiger partial charge >= 0.3 is 6.03 Å². The number of carbonyl (C=O) groups excluding carboxylic acids is 1. The van der Waals surface area contributed by atoms with Gasteiger partial charge in [0, 0.05) is 30.0 Å². The molecule has 1 saturated heterocycles. The van der Waals surface area contributed by atoms with Gasteiger partial charge in [-0.15, -0.1) is 0 Å². The number of furan rings is 1. The maximum Gasteiger partial charge on any atom is 0.315 e. The Bertz CT molecular complexity index is 973. The van der Waals surface area contributed by atoms with Gasteiger partial charge in [-0.3, -0.25) is 4.98 Å². The normalized spacial score (nSPS) is 19.8. The number of fused-ring (bicyclic) bond motifs is 1. The van der Waals surface area contributed by atoms with E-state index < -0.39 is 0 Å². The summed E-state index contributed by atoms with van der Waals surface area (Å²) in [7, 11) is 0. The summed E-state index contributed by atoms with van der Waals surface area (Å²) in [5.41, 5.74) is 1.66. The maximum absolute atomic E-state index is 12.6. The van der Waals surface area contributed by atoms with Crippen LogP contribution in [0.2, 0.25) is 0 Å². The molecule has 1 aliphatic heterocycles. The molecule has 2 aromatic heterocycles. The van der Waals surface area contributed by atoms with Gasteiger partial charge in [-0.1, -0.05) is 18.2 Å². The van der Waals surface area contributed by atoms with Gasteiger partial charge in [-0.25, -0.2) is 4.79 Å². The first-order valence-corrected chi connectivity index (χ1v) is 9.89. The minimum Gasteiger partial charge on any atom is -0.490 e. The van der Waals surface area contributed by atoms with Crippen LogP contribution < -0.4 is 15.4 Å². The lowest BCUT2D eigenvalue weighted by atomic mass is 10.0. The number of hydrogen-bond acceptors (Lipinski definition) is 5. The Balaban J connectivity index is 1.42. The van der Waals surface area contributed by atoms with Crippen LogP contribution in [-0.4, -0.2) is 30.3 Å². The van der Waals surface area contributed by atoms with E-state index in [1.807, 2.05) is 50.2 Å². The molecule has 3 aromatic rings. The minimum absolute atomic E-state index is 0.105. The van der Waals surface area contributed by atoms with E-state index in [1.165, 1.54) is 0 Å². The summed E-state index contributed by atoms with van der Waals surface area (Å²) in [6, 6.07) is 10.9. The molecular formula is C22H25N3O4. The Morgan fingerprint density at radius 3 is 3.03 bits per heavy atom. The van der Waals surface area contributed by atoms with Gasteiger partial charge in [0.1, 0.15) is 11.9 Å². The lowest BCUT2D eigenvalue weighted by Crippen LogP contribution is -2.44. The Hall–Kier alpha value is -3.06. The number of nitrogens with zero attached hydrogens (tertiary/aromatic N) is 1. The van der Waals surface area contributed by atoms with E-state index in [1.54, 1.807) is 12.4 Å². The molecule has 2 N–H and O–H groups in total. The fourth-order valence-corrected chi connectivity index (χ4v) is 3.63. The third-order valence-corrected chi connectivity index (χ3v) is 5.02. The van der Waals surface area contributed by atoms with E-state index >= 15 is 0 Å². The van der Waals surface area contributed by atoms with Crippen LogP contribution in [0.25, 0.3) is 11.0 Å². The summed E-state index contributed by atoms with van der Waals surface area (Å²) in [4.78, 5) is 16.7. The van der Waals surface area contributed by atoms with Crippen molar-refractivity contribution in [2.24, 2.45) is 0 Å². The van der Waals surface area contributed by atoms with Crippen LogP contribution in [0.5, 0.6) is 5.75 Å². The molecule has 152 valence electrons. The average Bonchev–Trinajstić information content (AvgIpc) is 3.36. The van der Waals surface area contributed by atoms with Crippen molar-refractivity contribution in [3.8, 4) is 5.75 Å². The zero-order valence-electron chi connectivity index (χ0n) is 16.6. The summed E-state index contributed by atoms with van der Waals surface area (Å²) in [6.07, 6.45) is 4.06. The number of ether oxygens (including phenoxy) is 2. The number of nitrogens with one attached hydrogen (secondary N) is 2. The molecule has 0 saturated carbocycles. The second kappa shape index (κ2) is 8.53. The molecule has 2 amide bonds. The van der Waals surface area contributed by atoms with Gasteiger partial charge in [0.15, 0.2) is 11.3 Å². The summed E-state index contributed by atoms with van der Waals surface area (Å²) >= 11 is 0. The second-order valence-corrected chi connectivity index (χ2v) is 7.07. The Kier molecular flexibility index (Phi) is 5.67. The number of rotatable bonds is 6. The zero-order chi connectivity index (χ0) is 20.2. The van der Waals surface area contributed by atoms with Crippen molar-refractivity contribution in [1.29, 1.82) is 0 Å². The first-order chi connectivity index (χ1) is 14.2. The number of aromatic nitrogens is 1. The van der Waals surface area contributed by atoms with Crippen molar-refractivity contribution in [3.05, 3.63) is 60.1 Å². The first-order valence-electron chi connectivity index (χ1n) is 9.89. The highest BCUT2D eigenvalue weighted by Gasteiger charge is 2.31. The van der Waals surface area contributed by atoms with Gasteiger partial charge in [0.2, 0.25) is 0 Å². The summed E-state index contributed by atoms with van der Waals surface area (Å²) in [5.74, 6) is 1.38. The van der Waals surface area contributed by atoms with Crippen LogP contribution in [0.15, 0.2) is 53.2 Å². The molecule has 1 aliphatic rings. The van der Waals surface area contributed by atoms with E-state index in [4.69, 9.17) is 13.9 Å². The molecule has 7 nitrogen and oxygen atoms in total. The molecule has 1 aromatic carbocycles. The van der Waals surface area contributed by atoms with Crippen molar-refractivity contribution >= 4 is 17.0 Å². The van der Waals surface area contributed by atoms with Crippen molar-refractivity contribution < 1.29 is 18.7 Å². The summed E-state index contributed by atoms with van der Waals surface area (Å²) in [5, 5.41) is 6.92. The average molecular weight is 395 g/mol. The molecule has 7 heteroatoms. The Morgan fingerprint density at radius 1 is 1.34 bits per heavy atom. The molecule has 29 heavy (non-hydrogen) atoms. The standard InChI is InChI=1S/C22H25N3O4/c1-3-27-18-8-4-6-15-12-19(29-21(15)18)14(2)24-22(26)25-17-9-11-28-20(17)16-7-5-10-23-13-16/h4-8,10,12-14,17,20H,3,9,11H2,1-2H3,(H2,24,25,26)/t14?,17-,20+/m1/s1. The fourth-order valence-electron chi connectivity index (χ4n) is 3.63. The van der Waals surface area contributed by atoms with Gasteiger partial charge in [-0.2, -0.15) is 0 Å². The summed E-state index contributed by atoms with van der Waals surface area (Å²) < 4.78 is 17.4. The second-order valence-electron chi connectivity index (χ2n) is 7.07. The van der Waals surface area contributed by atoms with Crippen molar-refractivity contribution in [3.63, 3.8) is 0 Å². The molecular weight excluding hydrogens is 370 g/mol. The molecule has 0 aliphatic carbocycles. The lowest BCUT2D eigenvalue weighted by molar-refractivity contribution is 0.0995. The number of amides is 2. The predicted octanol–water partition coefficient (Wildman–Crippen LogP) is 4.12. The van der Waals surface area contributed by atoms with E-state index in [2.05, 4.69) is 15.6 Å². The monoisotopic (exact) mass is 395 g/mol. The van der Waals surface area contributed by atoms with E-state index in [0.717, 1.165) is 17.4 Å². The third-order valence-electron chi connectivity index (χ3n) is 5.02. The number of urea groups is 1. The molecule has 0 bridgehead atoms. The maximum atomic E-state index is 12.6. The SMILES string of the molecule is CCOc1cccc2cc(C(C)NC(=O)N[C@@H]3CCO[C@H]3c3cccnc3)oc12. The summed E-state index contributed by atoms with van der Waals surface area (Å²) in [6.45, 7) is 4.99. The fraction of sp³-hybridized carbons (Fsp3) is 0.364. The number of pyridine rings is 1. The predicted molar refractivity (Wildman–Crippen MR) is 109 cm³/mol. The highest BCUT2D eigenvalue weighted by Crippen LogP contribution is 2.31. The van der Waals surface area contributed by atoms with Crippen LogP contribution in [0.4, 0.5) is 4.79 Å². The lowest BCUT2D eigenvalue weighted by Gasteiger charge is -2.21. The van der Waals surface area contributed by atoms with Gasteiger partial charge < -0.3 is 24.5 Å². The van der Waals surface area contributed by atoms with E-state index in [9.17, 15) is 4.79 Å². The van der Waals surface area contributed by atoms with Crippen LogP contribution >= 0.6 is 0 Å². The smallest absolute Gasteiger partial charge is 0.315 e. The van der Waals surface area contributed by atoms with Gasteiger partial charge in [0.05, 0.1) is 18.7 Å². The van der Waals surface area contributed by atoms with Crippen LogP contribution in [0, 0.1) is 0 Å². The first kappa shape index (κ1) is 19.3. The molecule has 4 rings (SSSR count).